The molecule has 1 radical (unpaired) electrons. The number of nitrogens with one attached hydrogen (secondary N) is 1. The lowest BCUT2D eigenvalue weighted by atomic mass is 10.2. The van der Waals surface area contributed by atoms with Gasteiger partial charge in [-0.15, -0.1) is 10.2 Å². The summed E-state index contributed by atoms with van der Waals surface area (Å²) in [6, 6.07) is 10.3. The summed E-state index contributed by atoms with van der Waals surface area (Å²) in [5.41, 5.74) is 0.918. The van der Waals surface area contributed by atoms with Crippen molar-refractivity contribution in [1.82, 2.24) is 20.6 Å². The van der Waals surface area contributed by atoms with Gasteiger partial charge >= 0.3 is 0 Å². The number of rotatable bonds is 1. The van der Waals surface area contributed by atoms with E-state index in [2.05, 4.69) is 26.7 Å². The van der Waals surface area contributed by atoms with E-state index in [0.717, 1.165) is 5.56 Å². The van der Waals surface area contributed by atoms with Crippen molar-refractivity contribution in [3.63, 3.8) is 0 Å². The van der Waals surface area contributed by atoms with Crippen molar-refractivity contribution in [2.24, 2.45) is 0 Å². The van der Waals surface area contributed by atoms with Crippen LogP contribution in [0.25, 0.3) is 11.4 Å². The molecular weight excluding hydrogens is 140 g/mol. The minimum atomic E-state index is 0.599. The molecule has 11 heavy (non-hydrogen) atoms. The summed E-state index contributed by atoms with van der Waals surface area (Å²) in [5, 5.41) is 13.5. The molecule has 0 spiro atoms. The Labute approximate surface area is 63.3 Å². The second kappa shape index (κ2) is 2.49. The van der Waals surface area contributed by atoms with Crippen molar-refractivity contribution in [2.75, 3.05) is 0 Å². The number of hydrogen-bond donors (Lipinski definition) is 1. The summed E-state index contributed by atoms with van der Waals surface area (Å²) >= 11 is 0. The van der Waals surface area contributed by atoms with Gasteiger partial charge in [0.1, 0.15) is 0 Å². The number of aromatic nitrogens is 4. The van der Waals surface area contributed by atoms with Crippen LogP contribution in [-0.4, -0.2) is 20.6 Å². The first-order valence-corrected chi connectivity index (χ1v) is 3.17. The van der Waals surface area contributed by atoms with Gasteiger partial charge in [-0.05, 0) is 17.3 Å². The molecular formula is C7H5N4. The number of tetrazole rings is 1. The summed E-state index contributed by atoms with van der Waals surface area (Å²) in [7, 11) is 0. The highest BCUT2D eigenvalue weighted by Crippen LogP contribution is 2.09. The van der Waals surface area contributed by atoms with Gasteiger partial charge in [0, 0.05) is 5.56 Å². The van der Waals surface area contributed by atoms with Crippen molar-refractivity contribution in [3.8, 4) is 11.4 Å². The molecule has 0 fully saturated rings. The molecule has 0 saturated heterocycles. The summed E-state index contributed by atoms with van der Waals surface area (Å²) in [6.07, 6.45) is 0. The fraction of sp³-hybridized carbons (Fsp3) is 0. The molecule has 0 unspecified atom stereocenters. The van der Waals surface area contributed by atoms with Crippen LogP contribution >= 0.6 is 0 Å². The van der Waals surface area contributed by atoms with E-state index in [1.54, 1.807) is 0 Å². The highest BCUT2D eigenvalue weighted by molar-refractivity contribution is 5.52. The topological polar surface area (TPSA) is 54.5 Å². The molecule has 0 aliphatic rings. The van der Waals surface area contributed by atoms with Gasteiger partial charge < -0.3 is 0 Å². The molecule has 1 aromatic heterocycles. The highest BCUT2D eigenvalue weighted by atomic mass is 15.5. The van der Waals surface area contributed by atoms with Gasteiger partial charge in [0.25, 0.3) is 0 Å². The zero-order chi connectivity index (χ0) is 7.52. The van der Waals surface area contributed by atoms with Gasteiger partial charge in [-0.2, -0.15) is 5.21 Å². The maximum absolute atomic E-state index is 3.82. The average Bonchev–Trinajstić information content (AvgIpc) is 2.58. The lowest BCUT2D eigenvalue weighted by Crippen LogP contribution is -1.78. The zero-order valence-electron chi connectivity index (χ0n) is 5.65. The second-order valence-corrected chi connectivity index (χ2v) is 2.03. The maximum Gasteiger partial charge on any atom is 0.204 e. The van der Waals surface area contributed by atoms with Gasteiger partial charge in [-0.25, -0.2) is 0 Å². The fourth-order valence-corrected chi connectivity index (χ4v) is 0.817. The molecule has 0 bridgehead atoms. The van der Waals surface area contributed by atoms with E-state index in [1.807, 2.05) is 24.3 Å². The van der Waals surface area contributed by atoms with E-state index in [1.165, 1.54) is 0 Å². The Morgan fingerprint density at radius 3 is 3.09 bits per heavy atom. The largest absolute Gasteiger partial charge is 0.204 e. The summed E-state index contributed by atoms with van der Waals surface area (Å²) in [6.45, 7) is 0. The Balaban J connectivity index is 2.46. The van der Waals surface area contributed by atoms with Crippen LogP contribution in [0.5, 0.6) is 0 Å². The standard InChI is InChI=1S/C7H5N4/c1-2-4-6(5-3-1)7-8-10-11-9-7/h1-2,4-5H,(H,8,9,10,11). The Kier molecular flexibility index (Phi) is 1.37. The normalized spacial score (nSPS) is 9.82. The van der Waals surface area contributed by atoms with Crippen molar-refractivity contribution in [3.05, 3.63) is 30.3 Å². The molecule has 4 heteroatoms. The number of hydrogen-bond acceptors (Lipinski definition) is 3. The molecule has 0 atom stereocenters. The van der Waals surface area contributed by atoms with Crippen molar-refractivity contribution >= 4 is 0 Å². The lowest BCUT2D eigenvalue weighted by Gasteiger charge is -1.88. The monoisotopic (exact) mass is 145 g/mol. The van der Waals surface area contributed by atoms with Crippen LogP contribution in [0.15, 0.2) is 24.3 Å². The van der Waals surface area contributed by atoms with E-state index in [0.29, 0.717) is 5.82 Å². The van der Waals surface area contributed by atoms with Crippen LogP contribution < -0.4 is 0 Å². The first-order chi connectivity index (χ1) is 5.47. The van der Waals surface area contributed by atoms with E-state index >= 15 is 0 Å². The Hall–Kier alpha value is -1.71. The molecule has 0 aliphatic carbocycles. The second-order valence-electron chi connectivity index (χ2n) is 2.03. The summed E-state index contributed by atoms with van der Waals surface area (Å²) < 4.78 is 0. The molecule has 2 aromatic rings. The minimum Gasteiger partial charge on any atom is -0.177 e. The van der Waals surface area contributed by atoms with Crippen LogP contribution in [0.3, 0.4) is 0 Å². The van der Waals surface area contributed by atoms with E-state index in [-0.39, 0.29) is 0 Å². The average molecular weight is 145 g/mol. The van der Waals surface area contributed by atoms with Gasteiger partial charge in [0.2, 0.25) is 5.82 Å². The summed E-state index contributed by atoms with van der Waals surface area (Å²) in [4.78, 5) is 0. The number of nitrogens with zero attached hydrogens (tertiary/aromatic N) is 3. The number of benzene rings is 1. The van der Waals surface area contributed by atoms with Crippen molar-refractivity contribution in [2.45, 2.75) is 0 Å². The molecule has 1 heterocycles. The van der Waals surface area contributed by atoms with Gasteiger partial charge in [-0.1, -0.05) is 18.2 Å². The van der Waals surface area contributed by atoms with Gasteiger partial charge in [0.15, 0.2) is 0 Å². The van der Waals surface area contributed by atoms with Crippen molar-refractivity contribution < 1.29 is 0 Å². The Morgan fingerprint density at radius 2 is 2.45 bits per heavy atom. The predicted molar refractivity (Wildman–Crippen MR) is 38.4 cm³/mol. The molecule has 1 N–H and O–H groups in total. The number of H-pyrrole nitrogens is 1. The lowest BCUT2D eigenvalue weighted by molar-refractivity contribution is 0.881. The Morgan fingerprint density at radius 1 is 1.45 bits per heavy atom. The van der Waals surface area contributed by atoms with E-state index in [4.69, 9.17) is 0 Å². The van der Waals surface area contributed by atoms with Crippen LogP contribution in [0.1, 0.15) is 0 Å². The summed E-state index contributed by atoms with van der Waals surface area (Å²) in [5.74, 6) is 0.599. The molecule has 1 aromatic carbocycles. The van der Waals surface area contributed by atoms with Crippen LogP contribution in [0, 0.1) is 6.07 Å². The molecule has 0 aliphatic heterocycles. The highest BCUT2D eigenvalue weighted by Gasteiger charge is 1.98. The molecule has 4 nitrogen and oxygen atoms in total. The quantitative estimate of drug-likeness (QED) is 0.641. The third kappa shape index (κ3) is 1.10. The smallest absolute Gasteiger partial charge is 0.177 e. The molecule has 0 amide bonds. The van der Waals surface area contributed by atoms with Gasteiger partial charge in [-0.3, -0.25) is 0 Å². The van der Waals surface area contributed by atoms with Gasteiger partial charge in [0.05, 0.1) is 0 Å². The van der Waals surface area contributed by atoms with Crippen molar-refractivity contribution in [1.29, 1.82) is 0 Å². The number of aromatic amines is 1. The maximum atomic E-state index is 3.82. The van der Waals surface area contributed by atoms with Crippen LogP contribution in [0.4, 0.5) is 0 Å². The molecule has 0 saturated carbocycles. The third-order valence-electron chi connectivity index (χ3n) is 1.31. The molecule has 2 rings (SSSR count). The van der Waals surface area contributed by atoms with Crippen LogP contribution in [0.2, 0.25) is 0 Å². The molecule has 53 valence electrons. The fourth-order valence-electron chi connectivity index (χ4n) is 0.817. The first kappa shape index (κ1) is 6.03. The minimum absolute atomic E-state index is 0.599. The Bertz CT molecular complexity index is 313. The van der Waals surface area contributed by atoms with E-state index in [9.17, 15) is 0 Å². The third-order valence-corrected chi connectivity index (χ3v) is 1.31. The SMILES string of the molecule is [c]1cccc(-c2nn[nH]n2)c1. The predicted octanol–water partition coefficient (Wildman–Crippen LogP) is 0.667. The van der Waals surface area contributed by atoms with E-state index < -0.39 is 0 Å². The first-order valence-electron chi connectivity index (χ1n) is 3.17. The zero-order valence-corrected chi connectivity index (χ0v) is 5.65. The van der Waals surface area contributed by atoms with Crippen LogP contribution in [-0.2, 0) is 0 Å².